The summed E-state index contributed by atoms with van der Waals surface area (Å²) in [4.78, 5) is -0.213. The van der Waals surface area contributed by atoms with Crippen molar-refractivity contribution in [3.05, 3.63) is 83.7 Å². The first-order valence-corrected chi connectivity index (χ1v) is 9.74. The number of rotatable bonds is 7. The summed E-state index contributed by atoms with van der Waals surface area (Å²) >= 11 is 0. The van der Waals surface area contributed by atoms with Crippen molar-refractivity contribution in [2.24, 2.45) is 0 Å². The summed E-state index contributed by atoms with van der Waals surface area (Å²) in [7, 11) is -4.02. The first-order chi connectivity index (χ1) is 12.9. The molecule has 0 amide bonds. The molecule has 0 saturated heterocycles. The molecule has 0 atom stereocenters. The van der Waals surface area contributed by atoms with E-state index >= 15 is 0 Å². The first-order valence-electron chi connectivity index (χ1n) is 8.30. The van der Waals surface area contributed by atoms with Gasteiger partial charge in [0, 0.05) is 13.1 Å². The molecule has 0 saturated carbocycles. The molecule has 0 aliphatic heterocycles. The van der Waals surface area contributed by atoms with E-state index in [0.29, 0.717) is 4.68 Å². The summed E-state index contributed by atoms with van der Waals surface area (Å²) in [6.45, 7) is -1.32. The Morgan fingerprint density at radius 1 is 0.963 bits per heavy atom. The van der Waals surface area contributed by atoms with E-state index in [1.54, 1.807) is 0 Å². The maximum atomic E-state index is 13.2. The monoisotopic (exact) mass is 391 g/mol. The fourth-order valence-corrected chi connectivity index (χ4v) is 4.36. The molecule has 142 valence electrons. The molecule has 3 aromatic rings. The van der Waals surface area contributed by atoms with E-state index in [2.05, 4.69) is 5.10 Å². The fraction of sp³-hybridized carbons (Fsp3) is 0.211. The highest BCUT2D eigenvalue weighted by atomic mass is 32.2. The molecule has 0 radical (unpaired) electrons. The van der Waals surface area contributed by atoms with Crippen molar-refractivity contribution in [1.29, 1.82) is 0 Å². The van der Waals surface area contributed by atoms with Crippen LogP contribution in [0.4, 0.5) is 8.78 Å². The second-order valence-electron chi connectivity index (χ2n) is 6.06. The molecule has 2 aromatic carbocycles. The smallest absolute Gasteiger partial charge is 0.207 e. The summed E-state index contributed by atoms with van der Waals surface area (Å²) in [5, 5.41) is 3.54. The topological polar surface area (TPSA) is 55.2 Å². The van der Waals surface area contributed by atoms with Gasteiger partial charge in [-0.3, -0.25) is 0 Å². The number of aromatic nitrogens is 2. The maximum Gasteiger partial charge on any atom is 0.333 e. The van der Waals surface area contributed by atoms with E-state index < -0.39 is 16.6 Å². The molecule has 0 aliphatic rings. The molecule has 8 heteroatoms. The second-order valence-corrected chi connectivity index (χ2v) is 7.97. The number of hydrogen-bond acceptors (Lipinski definition) is 3. The van der Waals surface area contributed by atoms with Gasteiger partial charge >= 0.3 is 6.55 Å². The summed E-state index contributed by atoms with van der Waals surface area (Å²) < 4.78 is 54.2. The average molecular weight is 391 g/mol. The van der Waals surface area contributed by atoms with Gasteiger partial charge in [-0.25, -0.2) is 13.1 Å². The minimum Gasteiger partial charge on any atom is -0.207 e. The van der Waals surface area contributed by atoms with Gasteiger partial charge in [0.15, 0.2) is 0 Å². The Morgan fingerprint density at radius 3 is 1.85 bits per heavy atom. The Hall–Kier alpha value is -2.58. The molecule has 27 heavy (non-hydrogen) atoms. The number of hydrogen-bond donors (Lipinski definition) is 0. The third kappa shape index (κ3) is 4.23. The van der Waals surface area contributed by atoms with E-state index in [0.717, 1.165) is 17.3 Å². The highest BCUT2D eigenvalue weighted by Gasteiger charge is 2.30. The molecule has 0 spiro atoms. The van der Waals surface area contributed by atoms with Crippen molar-refractivity contribution in [2.45, 2.75) is 31.5 Å². The zero-order valence-electron chi connectivity index (χ0n) is 14.7. The molecule has 0 bridgehead atoms. The summed E-state index contributed by atoms with van der Waals surface area (Å²) in [6.07, 6.45) is 0.986. The maximum absolute atomic E-state index is 13.2. The van der Waals surface area contributed by atoms with Crippen LogP contribution in [0.3, 0.4) is 0 Å². The van der Waals surface area contributed by atoms with E-state index in [1.165, 1.54) is 11.2 Å². The number of halogens is 2. The van der Waals surface area contributed by atoms with Crippen molar-refractivity contribution in [3.63, 3.8) is 0 Å². The molecule has 5 nitrogen and oxygen atoms in total. The van der Waals surface area contributed by atoms with E-state index in [-0.39, 0.29) is 23.7 Å². The predicted octanol–water partition coefficient (Wildman–Crippen LogP) is 3.98. The van der Waals surface area contributed by atoms with Gasteiger partial charge < -0.3 is 0 Å². The largest absolute Gasteiger partial charge is 0.333 e. The van der Waals surface area contributed by atoms with Crippen LogP contribution in [0, 0.1) is 6.92 Å². The normalized spacial score (nSPS) is 12.0. The molecule has 0 N–H and O–H groups in total. The van der Waals surface area contributed by atoms with Crippen LogP contribution in [0.2, 0.25) is 0 Å². The molecule has 3 rings (SSSR count). The van der Waals surface area contributed by atoms with Crippen LogP contribution in [-0.4, -0.2) is 22.5 Å². The zero-order chi connectivity index (χ0) is 19.4. The molecule has 1 heterocycles. The Morgan fingerprint density at radius 2 is 1.44 bits per heavy atom. The van der Waals surface area contributed by atoms with Crippen molar-refractivity contribution in [3.8, 4) is 0 Å². The lowest BCUT2D eigenvalue weighted by molar-refractivity contribution is 0.0541. The van der Waals surface area contributed by atoms with Crippen LogP contribution < -0.4 is 0 Å². The third-order valence-corrected chi connectivity index (χ3v) is 6.10. The lowest BCUT2D eigenvalue weighted by atomic mass is 10.2. The van der Waals surface area contributed by atoms with Crippen LogP contribution in [0.5, 0.6) is 0 Å². The second kappa shape index (κ2) is 7.98. The van der Waals surface area contributed by atoms with Crippen molar-refractivity contribution >= 4 is 10.0 Å². The van der Waals surface area contributed by atoms with E-state index in [4.69, 9.17) is 0 Å². The third-order valence-electron chi connectivity index (χ3n) is 4.21. The van der Waals surface area contributed by atoms with Gasteiger partial charge in [-0.1, -0.05) is 60.7 Å². The number of alkyl halides is 2. The van der Waals surface area contributed by atoms with Crippen LogP contribution in [0.25, 0.3) is 0 Å². The Bertz CT molecular complexity index is 949. The van der Waals surface area contributed by atoms with Crippen molar-refractivity contribution in [1.82, 2.24) is 14.1 Å². The van der Waals surface area contributed by atoms with Crippen LogP contribution in [-0.2, 0) is 23.1 Å². The van der Waals surface area contributed by atoms with Gasteiger partial charge in [-0.15, -0.1) is 0 Å². The lowest BCUT2D eigenvalue weighted by Crippen LogP contribution is -2.30. The van der Waals surface area contributed by atoms with Gasteiger partial charge in [0.2, 0.25) is 10.0 Å². The number of benzene rings is 2. The summed E-state index contributed by atoms with van der Waals surface area (Å²) in [6, 6.07) is 18.3. The summed E-state index contributed by atoms with van der Waals surface area (Å²) in [5.74, 6) is 0. The Balaban J connectivity index is 2.00. The highest BCUT2D eigenvalue weighted by Crippen LogP contribution is 2.25. The van der Waals surface area contributed by atoms with E-state index in [9.17, 15) is 17.2 Å². The SMILES string of the molecule is Cc1c(S(=O)(=O)N(Cc2ccccc2)Cc2ccccc2)cnn1C(F)F. The van der Waals surface area contributed by atoms with Crippen molar-refractivity contribution < 1.29 is 17.2 Å². The lowest BCUT2D eigenvalue weighted by Gasteiger charge is -2.22. The average Bonchev–Trinajstić information content (AvgIpc) is 3.05. The Kier molecular flexibility index (Phi) is 5.67. The highest BCUT2D eigenvalue weighted by molar-refractivity contribution is 7.89. The Labute approximate surface area is 156 Å². The van der Waals surface area contributed by atoms with Crippen LogP contribution in [0.15, 0.2) is 71.8 Å². The molecule has 0 unspecified atom stereocenters. The van der Waals surface area contributed by atoms with Gasteiger partial charge in [-0.05, 0) is 18.1 Å². The molecule has 0 fully saturated rings. The van der Waals surface area contributed by atoms with E-state index in [1.807, 2.05) is 60.7 Å². The first kappa shape index (κ1) is 19.2. The van der Waals surface area contributed by atoms with Gasteiger partial charge in [0.05, 0.1) is 11.9 Å². The van der Waals surface area contributed by atoms with Gasteiger partial charge in [-0.2, -0.15) is 18.2 Å². The quantitative estimate of drug-likeness (QED) is 0.612. The number of sulfonamides is 1. The minimum absolute atomic E-state index is 0.0869. The zero-order valence-corrected chi connectivity index (χ0v) is 15.5. The van der Waals surface area contributed by atoms with Crippen molar-refractivity contribution in [2.75, 3.05) is 0 Å². The molecule has 1 aromatic heterocycles. The van der Waals surface area contributed by atoms with Crippen LogP contribution in [0.1, 0.15) is 23.4 Å². The van der Waals surface area contributed by atoms with Crippen LogP contribution >= 0.6 is 0 Å². The summed E-state index contributed by atoms with van der Waals surface area (Å²) in [5.41, 5.74) is 1.52. The fourth-order valence-electron chi connectivity index (χ4n) is 2.80. The number of nitrogens with zero attached hydrogens (tertiary/aromatic N) is 3. The standard InChI is InChI=1S/C19H19F2N3O2S/c1-15-18(12-22-24(15)19(20)21)27(25,26)23(13-16-8-4-2-5-9-16)14-17-10-6-3-7-11-17/h2-12,19H,13-14H2,1H3. The molecular formula is C19H19F2N3O2S. The molecule has 0 aliphatic carbocycles. The van der Waals surface area contributed by atoms with Gasteiger partial charge in [0.1, 0.15) is 4.90 Å². The minimum atomic E-state index is -4.02. The van der Waals surface area contributed by atoms with Gasteiger partial charge in [0.25, 0.3) is 0 Å². The predicted molar refractivity (Wildman–Crippen MR) is 97.5 cm³/mol. The molecular weight excluding hydrogens is 372 g/mol.